The van der Waals surface area contributed by atoms with Gasteiger partial charge < -0.3 is 16.6 Å². The lowest BCUT2D eigenvalue weighted by molar-refractivity contribution is 0.224. The summed E-state index contributed by atoms with van der Waals surface area (Å²) in [6.07, 6.45) is 0.812. The molecule has 0 bridgehead atoms. The number of aliphatic hydroxyl groups is 1. The maximum atomic E-state index is 8.58. The molecule has 3 heteroatoms. The molecule has 0 saturated heterocycles. The zero-order valence-electron chi connectivity index (χ0n) is 11.5. The zero-order valence-corrected chi connectivity index (χ0v) is 11.5. The molecule has 0 aliphatic heterocycles. The third-order valence-corrected chi connectivity index (χ3v) is 1.32. The summed E-state index contributed by atoms with van der Waals surface area (Å²) in [6.45, 7) is 13.2. The molecular weight excluding hydrogens is 188 g/mol. The quantitative estimate of drug-likeness (QED) is 0.678. The van der Waals surface area contributed by atoms with Crippen LogP contribution in [0.3, 0.4) is 0 Å². The minimum atomic E-state index is 0.0483. The number of hydrogen-bond acceptors (Lipinski definition) is 3. The first kappa shape index (κ1) is 20.3. The molecule has 0 spiro atoms. The van der Waals surface area contributed by atoms with E-state index in [1.807, 2.05) is 20.8 Å². The van der Waals surface area contributed by atoms with Gasteiger partial charge >= 0.3 is 0 Å². The Bertz CT molecular complexity index is 86.9. The number of hydrogen-bond donors (Lipinski definition) is 3. The largest absolute Gasteiger partial charge is 0.396 e. The Labute approximate surface area is 96.2 Å². The molecule has 0 amide bonds. The van der Waals surface area contributed by atoms with Gasteiger partial charge in [-0.3, -0.25) is 0 Å². The lowest BCUT2D eigenvalue weighted by atomic mass is 10.0. The Morgan fingerprint density at radius 2 is 1.40 bits per heavy atom. The second-order valence-corrected chi connectivity index (χ2v) is 4.25. The summed E-state index contributed by atoms with van der Waals surface area (Å²) in [7, 11) is 0. The van der Waals surface area contributed by atoms with Gasteiger partial charge in [-0.2, -0.15) is 0 Å². The van der Waals surface area contributed by atoms with Crippen molar-refractivity contribution in [2.45, 2.75) is 54.0 Å². The average molecular weight is 220 g/mol. The van der Waals surface area contributed by atoms with E-state index in [1.54, 1.807) is 0 Å². The number of aliphatic hydroxyl groups excluding tert-OH is 1. The predicted molar refractivity (Wildman–Crippen MR) is 69.8 cm³/mol. The van der Waals surface area contributed by atoms with Crippen molar-refractivity contribution >= 4 is 0 Å². The van der Waals surface area contributed by atoms with Gasteiger partial charge in [0.1, 0.15) is 0 Å². The maximum absolute atomic E-state index is 8.58. The fraction of sp³-hybridized carbons (Fsp3) is 1.00. The van der Waals surface area contributed by atoms with Crippen LogP contribution in [0.2, 0.25) is 0 Å². The molecule has 3 nitrogen and oxygen atoms in total. The topological polar surface area (TPSA) is 72.3 Å². The van der Waals surface area contributed by atoms with Gasteiger partial charge in [0.2, 0.25) is 0 Å². The molecule has 96 valence electrons. The predicted octanol–water partition coefficient (Wildman–Crippen LogP) is 1.98. The van der Waals surface area contributed by atoms with Crippen molar-refractivity contribution in [3.05, 3.63) is 0 Å². The van der Waals surface area contributed by atoms with E-state index in [0.29, 0.717) is 6.54 Å². The number of rotatable bonds is 4. The molecule has 0 aromatic carbocycles. The SMILES string of the molecule is CC.CC(C)C.CC(CO)CC(N)CN. The van der Waals surface area contributed by atoms with E-state index >= 15 is 0 Å². The van der Waals surface area contributed by atoms with Gasteiger partial charge in [0.15, 0.2) is 0 Å². The van der Waals surface area contributed by atoms with Crippen LogP contribution >= 0.6 is 0 Å². The third-order valence-electron chi connectivity index (χ3n) is 1.32. The molecule has 5 N–H and O–H groups in total. The summed E-state index contributed by atoms with van der Waals surface area (Å²) < 4.78 is 0. The standard InChI is InChI=1S/C6H16N2O.C4H10.C2H6/c1-5(4-9)2-6(8)3-7;1-4(2)3;1-2/h5-6,9H,2-4,7-8H2,1H3;4H,1-3H3;1-2H3. The van der Waals surface area contributed by atoms with Crippen LogP contribution in [0.25, 0.3) is 0 Å². The summed E-state index contributed by atoms with van der Waals surface area (Å²) in [4.78, 5) is 0. The van der Waals surface area contributed by atoms with Crippen LogP contribution in [0.4, 0.5) is 0 Å². The van der Waals surface area contributed by atoms with Crippen molar-refractivity contribution < 1.29 is 5.11 Å². The second-order valence-electron chi connectivity index (χ2n) is 4.25. The van der Waals surface area contributed by atoms with E-state index in [2.05, 4.69) is 20.8 Å². The minimum Gasteiger partial charge on any atom is -0.396 e. The summed E-state index contributed by atoms with van der Waals surface area (Å²) in [5.74, 6) is 1.11. The molecule has 0 rings (SSSR count). The highest BCUT2D eigenvalue weighted by Crippen LogP contribution is 2.01. The Balaban J connectivity index is -0.000000202. The molecule has 0 heterocycles. The molecule has 2 atom stereocenters. The van der Waals surface area contributed by atoms with Crippen LogP contribution in [0.15, 0.2) is 0 Å². The molecule has 0 radical (unpaired) electrons. The van der Waals surface area contributed by atoms with Crippen LogP contribution < -0.4 is 11.5 Å². The van der Waals surface area contributed by atoms with Crippen molar-refractivity contribution in [2.75, 3.05) is 13.2 Å². The van der Waals surface area contributed by atoms with E-state index in [9.17, 15) is 0 Å². The van der Waals surface area contributed by atoms with Gasteiger partial charge in [-0.15, -0.1) is 0 Å². The summed E-state index contributed by atoms with van der Waals surface area (Å²) in [5, 5.41) is 8.58. The van der Waals surface area contributed by atoms with Gasteiger partial charge in [-0.05, 0) is 18.3 Å². The smallest absolute Gasteiger partial charge is 0.0457 e. The molecule has 0 fully saturated rings. The van der Waals surface area contributed by atoms with E-state index < -0.39 is 0 Å². The molecule has 0 saturated carbocycles. The molecule has 0 aliphatic carbocycles. The van der Waals surface area contributed by atoms with Gasteiger partial charge in [0, 0.05) is 19.2 Å². The van der Waals surface area contributed by atoms with Gasteiger partial charge in [0.25, 0.3) is 0 Å². The van der Waals surface area contributed by atoms with Crippen LogP contribution in [0.1, 0.15) is 48.0 Å². The Morgan fingerprint density at radius 3 is 1.60 bits per heavy atom. The van der Waals surface area contributed by atoms with Gasteiger partial charge in [-0.25, -0.2) is 0 Å². The highest BCUT2D eigenvalue weighted by molar-refractivity contribution is 4.64. The minimum absolute atomic E-state index is 0.0483. The Morgan fingerprint density at radius 1 is 1.07 bits per heavy atom. The second kappa shape index (κ2) is 16.3. The molecular formula is C12H32N2O. The van der Waals surface area contributed by atoms with Crippen LogP contribution in [-0.2, 0) is 0 Å². The normalized spacial score (nSPS) is 13.2. The third kappa shape index (κ3) is 31.5. The number of nitrogens with two attached hydrogens (primary N) is 2. The summed E-state index contributed by atoms with van der Waals surface area (Å²) in [6, 6.07) is 0.0483. The van der Waals surface area contributed by atoms with Gasteiger partial charge in [-0.1, -0.05) is 41.5 Å². The summed E-state index contributed by atoms with van der Waals surface area (Å²) >= 11 is 0. The first-order valence-electron chi connectivity index (χ1n) is 6.00. The van der Waals surface area contributed by atoms with E-state index in [1.165, 1.54) is 0 Å². The van der Waals surface area contributed by atoms with Gasteiger partial charge in [0.05, 0.1) is 0 Å². The van der Waals surface area contributed by atoms with Crippen LogP contribution in [-0.4, -0.2) is 24.3 Å². The summed E-state index contributed by atoms with van der Waals surface area (Å²) in [5.41, 5.74) is 10.8. The lowest BCUT2D eigenvalue weighted by Crippen LogP contribution is -2.31. The van der Waals surface area contributed by atoms with Crippen molar-refractivity contribution in [2.24, 2.45) is 23.3 Å². The first-order valence-corrected chi connectivity index (χ1v) is 6.00. The highest BCUT2D eigenvalue weighted by atomic mass is 16.3. The van der Waals surface area contributed by atoms with Crippen LogP contribution in [0, 0.1) is 11.8 Å². The maximum Gasteiger partial charge on any atom is 0.0457 e. The van der Waals surface area contributed by atoms with Crippen molar-refractivity contribution in [3.63, 3.8) is 0 Å². The molecule has 2 unspecified atom stereocenters. The molecule has 0 aliphatic rings. The fourth-order valence-electron chi connectivity index (χ4n) is 0.688. The molecule has 0 aromatic rings. The van der Waals surface area contributed by atoms with E-state index in [0.717, 1.165) is 12.3 Å². The van der Waals surface area contributed by atoms with Crippen molar-refractivity contribution in [1.82, 2.24) is 0 Å². The fourth-order valence-corrected chi connectivity index (χ4v) is 0.688. The van der Waals surface area contributed by atoms with E-state index in [4.69, 9.17) is 16.6 Å². The Kier molecular flexibility index (Phi) is 22.1. The van der Waals surface area contributed by atoms with E-state index in [-0.39, 0.29) is 18.6 Å². The first-order chi connectivity index (χ1) is 6.93. The van der Waals surface area contributed by atoms with Crippen LogP contribution in [0.5, 0.6) is 0 Å². The van der Waals surface area contributed by atoms with Crippen molar-refractivity contribution in [1.29, 1.82) is 0 Å². The monoisotopic (exact) mass is 220 g/mol. The van der Waals surface area contributed by atoms with Crippen molar-refractivity contribution in [3.8, 4) is 0 Å². The lowest BCUT2D eigenvalue weighted by Gasteiger charge is -2.12. The zero-order chi connectivity index (χ0) is 12.9. The molecule has 0 aromatic heterocycles. The average Bonchev–Trinajstić information content (AvgIpc) is 2.19. The molecule has 15 heavy (non-hydrogen) atoms. The Hall–Kier alpha value is -0.120. The highest BCUT2D eigenvalue weighted by Gasteiger charge is 2.04.